The van der Waals surface area contributed by atoms with E-state index >= 15 is 0 Å². The monoisotopic (exact) mass is 403 g/mol. The molecule has 0 aliphatic carbocycles. The van der Waals surface area contributed by atoms with Crippen LogP contribution in [0, 0.1) is 25.7 Å². The second kappa shape index (κ2) is 8.59. The maximum absolute atomic E-state index is 9.62. The van der Waals surface area contributed by atoms with E-state index in [1.54, 1.807) is 12.1 Å². The lowest BCUT2D eigenvalue weighted by Crippen LogP contribution is -2.22. The molecule has 0 unspecified atom stereocenters. The molecule has 0 atom stereocenters. The predicted octanol–water partition coefficient (Wildman–Crippen LogP) is 3.53. The Morgan fingerprint density at radius 2 is 1.76 bits per heavy atom. The Morgan fingerprint density at radius 3 is 2.45 bits per heavy atom. The van der Waals surface area contributed by atoms with Gasteiger partial charge in [-0.25, -0.2) is 4.98 Å². The van der Waals surface area contributed by atoms with Gasteiger partial charge in [0.05, 0.1) is 16.3 Å². The fraction of sp³-hybridized carbons (Fsp3) is 0.136. The number of thiazole rings is 1. The van der Waals surface area contributed by atoms with Crippen LogP contribution in [0.25, 0.3) is 10.6 Å². The Hall–Kier alpha value is -3.63. The van der Waals surface area contributed by atoms with Crippen LogP contribution in [0.2, 0.25) is 0 Å². The molecule has 7 heteroatoms. The maximum atomic E-state index is 9.62. The number of aromatic hydroxyl groups is 1. The fourth-order valence-electron chi connectivity index (χ4n) is 2.61. The van der Waals surface area contributed by atoms with Gasteiger partial charge in [-0.3, -0.25) is 0 Å². The van der Waals surface area contributed by atoms with Crippen molar-refractivity contribution in [3.63, 3.8) is 0 Å². The molecule has 0 aliphatic heterocycles. The minimum atomic E-state index is -0.0793. The highest BCUT2D eigenvalue weighted by atomic mass is 32.1. The van der Waals surface area contributed by atoms with E-state index in [4.69, 9.17) is 11.5 Å². The van der Waals surface area contributed by atoms with Gasteiger partial charge in [0.2, 0.25) is 5.96 Å². The van der Waals surface area contributed by atoms with E-state index in [2.05, 4.69) is 27.0 Å². The minimum absolute atomic E-state index is 0.0793. The molecule has 0 saturated heterocycles. The van der Waals surface area contributed by atoms with Crippen LogP contribution in [-0.4, -0.2) is 21.8 Å². The van der Waals surface area contributed by atoms with Crippen LogP contribution in [0.5, 0.6) is 5.75 Å². The Labute approximate surface area is 173 Å². The first-order valence-electron chi connectivity index (χ1n) is 8.86. The van der Waals surface area contributed by atoms with Crippen LogP contribution in [0.3, 0.4) is 0 Å². The number of aromatic nitrogens is 1. The topological polar surface area (TPSA) is 110 Å². The van der Waals surface area contributed by atoms with Crippen molar-refractivity contribution < 1.29 is 5.11 Å². The summed E-state index contributed by atoms with van der Waals surface area (Å²) in [4.78, 5) is 5.57. The lowest BCUT2D eigenvalue weighted by molar-refractivity contribution is 0.475. The molecule has 146 valence electrons. The van der Waals surface area contributed by atoms with Crippen molar-refractivity contribution in [2.45, 2.75) is 20.8 Å². The molecule has 3 rings (SSSR count). The molecule has 0 radical (unpaired) electrons. The van der Waals surface area contributed by atoms with Crippen molar-refractivity contribution >= 4 is 23.0 Å². The van der Waals surface area contributed by atoms with Gasteiger partial charge in [-0.15, -0.1) is 16.4 Å². The second-order valence-corrected chi connectivity index (χ2v) is 7.47. The summed E-state index contributed by atoms with van der Waals surface area (Å²) in [5.74, 6) is 6.38. The van der Waals surface area contributed by atoms with E-state index in [1.165, 1.54) is 11.3 Å². The van der Waals surface area contributed by atoms with E-state index in [0.717, 1.165) is 37.8 Å². The molecular weight excluding hydrogens is 382 g/mol. The van der Waals surface area contributed by atoms with Gasteiger partial charge in [0.25, 0.3) is 0 Å². The van der Waals surface area contributed by atoms with Crippen molar-refractivity contribution in [3.8, 4) is 28.2 Å². The summed E-state index contributed by atoms with van der Waals surface area (Å²) in [6.07, 6.45) is 0. The first kappa shape index (κ1) is 20.1. The molecule has 0 saturated carbocycles. The quantitative estimate of drug-likeness (QED) is 0.269. The van der Waals surface area contributed by atoms with Crippen molar-refractivity contribution in [2.24, 2.45) is 21.7 Å². The Bertz CT molecular complexity index is 1160. The third-order valence-electron chi connectivity index (χ3n) is 4.14. The second-order valence-electron chi connectivity index (χ2n) is 6.47. The zero-order valence-electron chi connectivity index (χ0n) is 16.4. The fourth-order valence-corrected chi connectivity index (χ4v) is 3.63. The molecular formula is C22H21N5OS. The first-order chi connectivity index (χ1) is 13.8. The number of hydrogen-bond donors (Lipinski definition) is 3. The number of aryl methyl sites for hydroxylation is 2. The van der Waals surface area contributed by atoms with Gasteiger partial charge < -0.3 is 16.6 Å². The van der Waals surface area contributed by atoms with Gasteiger partial charge in [-0.05, 0) is 50.6 Å². The molecule has 0 spiro atoms. The molecule has 29 heavy (non-hydrogen) atoms. The zero-order chi connectivity index (χ0) is 21.0. The third kappa shape index (κ3) is 5.00. The number of nitrogens with zero attached hydrogens (tertiary/aromatic N) is 3. The zero-order valence-corrected chi connectivity index (χ0v) is 17.2. The summed E-state index contributed by atoms with van der Waals surface area (Å²) in [5.41, 5.74) is 16.0. The van der Waals surface area contributed by atoms with Gasteiger partial charge >= 0.3 is 0 Å². The van der Waals surface area contributed by atoms with Crippen molar-refractivity contribution in [3.05, 3.63) is 69.7 Å². The van der Waals surface area contributed by atoms with Crippen LogP contribution < -0.4 is 11.5 Å². The maximum Gasteiger partial charge on any atom is 0.211 e. The molecule has 0 fully saturated rings. The van der Waals surface area contributed by atoms with Gasteiger partial charge in [-0.2, -0.15) is 5.10 Å². The van der Waals surface area contributed by atoms with Crippen LogP contribution in [0.4, 0.5) is 0 Å². The van der Waals surface area contributed by atoms with Gasteiger partial charge in [0.1, 0.15) is 10.8 Å². The summed E-state index contributed by atoms with van der Waals surface area (Å²) in [6, 6.07) is 13.1. The molecule has 6 nitrogen and oxygen atoms in total. The number of phenols is 1. The summed E-state index contributed by atoms with van der Waals surface area (Å²) < 4.78 is 0. The Balaban J connectivity index is 1.84. The first-order valence-corrected chi connectivity index (χ1v) is 9.68. The average Bonchev–Trinajstić information content (AvgIpc) is 3.09. The van der Waals surface area contributed by atoms with Crippen molar-refractivity contribution in [2.75, 3.05) is 0 Å². The summed E-state index contributed by atoms with van der Waals surface area (Å²) in [6.45, 7) is 5.74. The normalized spacial score (nSPS) is 10.9. The van der Waals surface area contributed by atoms with Crippen LogP contribution in [0.1, 0.15) is 34.2 Å². The summed E-state index contributed by atoms with van der Waals surface area (Å²) >= 11 is 1.54. The highest BCUT2D eigenvalue weighted by Crippen LogP contribution is 2.28. The number of guanidine groups is 1. The standard InChI is InChI=1S/C22H21N5OS/c1-13-4-11-19(28)12-18(13)10-7-16-5-8-17(9-6-16)21-25-14(2)20(29-21)15(3)26-27-22(23)24/h4-6,8-9,11-12,28H,1-3H3,(H4,23,24,27)/b26-15+. The molecule has 0 aliphatic rings. The Morgan fingerprint density at radius 1 is 1.03 bits per heavy atom. The number of rotatable bonds is 3. The van der Waals surface area contributed by atoms with Crippen LogP contribution in [0.15, 0.2) is 52.7 Å². The smallest absolute Gasteiger partial charge is 0.211 e. The summed E-state index contributed by atoms with van der Waals surface area (Å²) in [7, 11) is 0. The van der Waals surface area contributed by atoms with E-state index in [1.807, 2.05) is 51.1 Å². The Kier molecular flexibility index (Phi) is 5.96. The lowest BCUT2D eigenvalue weighted by atomic mass is 10.1. The van der Waals surface area contributed by atoms with Gasteiger partial charge in [0.15, 0.2) is 0 Å². The number of phenolic OH excluding ortho intramolecular Hbond substituents is 1. The van der Waals surface area contributed by atoms with Crippen molar-refractivity contribution in [1.82, 2.24) is 4.98 Å². The van der Waals surface area contributed by atoms with Gasteiger partial charge in [0, 0.05) is 16.7 Å². The lowest BCUT2D eigenvalue weighted by Gasteiger charge is -1.99. The molecule has 5 N–H and O–H groups in total. The number of benzene rings is 2. The largest absolute Gasteiger partial charge is 0.508 e. The van der Waals surface area contributed by atoms with E-state index < -0.39 is 0 Å². The minimum Gasteiger partial charge on any atom is -0.508 e. The highest BCUT2D eigenvalue weighted by molar-refractivity contribution is 7.17. The molecule has 0 bridgehead atoms. The highest BCUT2D eigenvalue weighted by Gasteiger charge is 2.12. The molecule has 0 amide bonds. The number of nitrogens with two attached hydrogens (primary N) is 2. The molecule has 3 aromatic rings. The third-order valence-corrected chi connectivity index (χ3v) is 5.45. The average molecular weight is 404 g/mol. The SMILES string of the molecule is C/C(=N\N=C(N)N)c1sc(-c2ccc(C#Cc3cc(O)ccc3C)cc2)nc1C. The number of hydrogen-bond acceptors (Lipinski definition) is 5. The van der Waals surface area contributed by atoms with Gasteiger partial charge in [-0.1, -0.05) is 30.0 Å². The predicted molar refractivity (Wildman–Crippen MR) is 119 cm³/mol. The van der Waals surface area contributed by atoms with Crippen molar-refractivity contribution in [1.29, 1.82) is 0 Å². The summed E-state index contributed by atoms with van der Waals surface area (Å²) in [5, 5.41) is 18.2. The molecule has 1 aromatic heterocycles. The van der Waals surface area contributed by atoms with E-state index in [-0.39, 0.29) is 11.7 Å². The molecule has 1 heterocycles. The van der Waals surface area contributed by atoms with E-state index in [9.17, 15) is 5.11 Å². The van der Waals surface area contributed by atoms with Crippen LogP contribution in [-0.2, 0) is 0 Å². The molecule has 2 aromatic carbocycles. The van der Waals surface area contributed by atoms with Crippen LogP contribution >= 0.6 is 11.3 Å². The van der Waals surface area contributed by atoms with E-state index in [0.29, 0.717) is 5.71 Å².